The molecule has 0 fully saturated rings. The number of anilines is 1. The van der Waals surface area contributed by atoms with Gasteiger partial charge in [0.25, 0.3) is 5.91 Å². The number of rotatable bonds is 5. The standard InChI is InChI=1S/C12H18N2O3/c1-3-17-10-6-4-5-9(13)11(10)12(16)14-7-8(2)15/h4-6,8,15H,3,7,13H2,1-2H3,(H,14,16)/t8-/m0/s1. The summed E-state index contributed by atoms with van der Waals surface area (Å²) in [6, 6.07) is 5.06. The Labute approximate surface area is 101 Å². The fourth-order valence-electron chi connectivity index (χ4n) is 1.40. The minimum atomic E-state index is -0.598. The van der Waals surface area contributed by atoms with Crippen LogP contribution in [0.25, 0.3) is 0 Å². The zero-order valence-electron chi connectivity index (χ0n) is 10.1. The van der Waals surface area contributed by atoms with Crippen molar-refractivity contribution >= 4 is 11.6 Å². The number of aliphatic hydroxyl groups excluding tert-OH is 1. The summed E-state index contributed by atoms with van der Waals surface area (Å²) in [6.07, 6.45) is -0.598. The second-order valence-corrected chi connectivity index (χ2v) is 3.71. The van der Waals surface area contributed by atoms with Gasteiger partial charge in [0, 0.05) is 12.2 Å². The van der Waals surface area contributed by atoms with Crippen LogP contribution in [0, 0.1) is 0 Å². The first-order valence-corrected chi connectivity index (χ1v) is 5.53. The van der Waals surface area contributed by atoms with Crippen LogP contribution in [0.1, 0.15) is 24.2 Å². The van der Waals surface area contributed by atoms with Gasteiger partial charge in [0.15, 0.2) is 0 Å². The van der Waals surface area contributed by atoms with Crippen LogP contribution in [0.3, 0.4) is 0 Å². The van der Waals surface area contributed by atoms with Gasteiger partial charge in [-0.25, -0.2) is 0 Å². The van der Waals surface area contributed by atoms with Crippen molar-refractivity contribution in [2.24, 2.45) is 0 Å². The van der Waals surface area contributed by atoms with E-state index in [1.54, 1.807) is 25.1 Å². The molecule has 0 unspecified atom stereocenters. The highest BCUT2D eigenvalue weighted by molar-refractivity contribution is 6.01. The molecule has 1 rings (SSSR count). The monoisotopic (exact) mass is 238 g/mol. The maximum Gasteiger partial charge on any atom is 0.257 e. The zero-order chi connectivity index (χ0) is 12.8. The maximum absolute atomic E-state index is 11.9. The molecule has 0 saturated heterocycles. The number of nitrogens with one attached hydrogen (secondary N) is 1. The molecule has 0 aromatic heterocycles. The number of hydrogen-bond acceptors (Lipinski definition) is 4. The van der Waals surface area contributed by atoms with E-state index in [1.165, 1.54) is 0 Å². The lowest BCUT2D eigenvalue weighted by Crippen LogP contribution is -2.31. The van der Waals surface area contributed by atoms with Gasteiger partial charge < -0.3 is 20.9 Å². The Hall–Kier alpha value is -1.75. The van der Waals surface area contributed by atoms with Crippen molar-refractivity contribution in [3.63, 3.8) is 0 Å². The maximum atomic E-state index is 11.9. The lowest BCUT2D eigenvalue weighted by molar-refractivity contribution is 0.0921. The van der Waals surface area contributed by atoms with Crippen molar-refractivity contribution in [2.75, 3.05) is 18.9 Å². The third kappa shape index (κ3) is 3.64. The first-order chi connectivity index (χ1) is 8.06. The van der Waals surface area contributed by atoms with Gasteiger partial charge in [-0.1, -0.05) is 6.07 Å². The molecule has 1 amide bonds. The summed E-state index contributed by atoms with van der Waals surface area (Å²) < 4.78 is 5.34. The van der Waals surface area contributed by atoms with Crippen LogP contribution in [-0.2, 0) is 0 Å². The second-order valence-electron chi connectivity index (χ2n) is 3.71. The minimum Gasteiger partial charge on any atom is -0.493 e. The van der Waals surface area contributed by atoms with Crippen LogP contribution < -0.4 is 15.8 Å². The van der Waals surface area contributed by atoms with Gasteiger partial charge in [0.05, 0.1) is 12.7 Å². The summed E-state index contributed by atoms with van der Waals surface area (Å²) in [5.74, 6) is 0.114. The van der Waals surface area contributed by atoms with E-state index in [0.29, 0.717) is 23.6 Å². The van der Waals surface area contributed by atoms with Crippen molar-refractivity contribution in [3.05, 3.63) is 23.8 Å². The third-order valence-corrected chi connectivity index (χ3v) is 2.14. The summed E-state index contributed by atoms with van der Waals surface area (Å²) in [6.45, 7) is 4.07. The molecule has 0 saturated carbocycles. The number of aliphatic hydroxyl groups is 1. The lowest BCUT2D eigenvalue weighted by atomic mass is 10.1. The average molecular weight is 238 g/mol. The van der Waals surface area contributed by atoms with Gasteiger partial charge in [0.1, 0.15) is 11.3 Å². The predicted molar refractivity (Wildman–Crippen MR) is 66.0 cm³/mol. The number of amides is 1. The highest BCUT2D eigenvalue weighted by atomic mass is 16.5. The fraction of sp³-hybridized carbons (Fsp3) is 0.417. The SMILES string of the molecule is CCOc1cccc(N)c1C(=O)NC[C@H](C)O. The van der Waals surface area contributed by atoms with Gasteiger partial charge >= 0.3 is 0 Å². The molecule has 0 aliphatic rings. The molecule has 1 atom stereocenters. The van der Waals surface area contributed by atoms with E-state index in [2.05, 4.69) is 5.32 Å². The normalized spacial score (nSPS) is 11.9. The largest absolute Gasteiger partial charge is 0.493 e. The number of carbonyl (C=O) groups is 1. The quantitative estimate of drug-likeness (QED) is 0.662. The molecule has 0 bridgehead atoms. The molecule has 0 aliphatic carbocycles. The zero-order valence-corrected chi connectivity index (χ0v) is 10.1. The van der Waals surface area contributed by atoms with Crippen molar-refractivity contribution in [1.29, 1.82) is 0 Å². The summed E-state index contributed by atoms with van der Waals surface area (Å²) in [5.41, 5.74) is 6.43. The molecule has 4 N–H and O–H groups in total. The van der Waals surface area contributed by atoms with Gasteiger partial charge in [-0.05, 0) is 26.0 Å². The number of benzene rings is 1. The predicted octanol–water partition coefficient (Wildman–Crippen LogP) is 0.778. The molecule has 0 heterocycles. The Morgan fingerprint density at radius 2 is 2.29 bits per heavy atom. The van der Waals surface area contributed by atoms with Gasteiger partial charge in [-0.2, -0.15) is 0 Å². The highest BCUT2D eigenvalue weighted by Gasteiger charge is 2.15. The van der Waals surface area contributed by atoms with Crippen LogP contribution in [-0.4, -0.2) is 30.3 Å². The van der Waals surface area contributed by atoms with Crippen molar-refractivity contribution < 1.29 is 14.6 Å². The topological polar surface area (TPSA) is 84.6 Å². The molecule has 17 heavy (non-hydrogen) atoms. The number of nitrogen functional groups attached to an aromatic ring is 1. The minimum absolute atomic E-state index is 0.179. The summed E-state index contributed by atoms with van der Waals surface area (Å²) in [5, 5.41) is 11.7. The second kappa shape index (κ2) is 6.10. The number of nitrogens with two attached hydrogens (primary N) is 1. The smallest absolute Gasteiger partial charge is 0.257 e. The van der Waals surface area contributed by atoms with Gasteiger partial charge in [-0.15, -0.1) is 0 Å². The van der Waals surface area contributed by atoms with E-state index in [-0.39, 0.29) is 12.5 Å². The Balaban J connectivity index is 2.90. The van der Waals surface area contributed by atoms with Gasteiger partial charge in [-0.3, -0.25) is 4.79 Å². The van der Waals surface area contributed by atoms with Crippen LogP contribution in [0.4, 0.5) is 5.69 Å². The lowest BCUT2D eigenvalue weighted by Gasteiger charge is -2.13. The Morgan fingerprint density at radius 3 is 2.88 bits per heavy atom. The van der Waals surface area contributed by atoms with Crippen molar-refractivity contribution in [3.8, 4) is 5.75 Å². The molecule has 1 aromatic rings. The van der Waals surface area contributed by atoms with Crippen LogP contribution in [0.5, 0.6) is 5.75 Å². The molecule has 5 heteroatoms. The molecular weight excluding hydrogens is 220 g/mol. The Bertz CT molecular complexity index is 391. The first-order valence-electron chi connectivity index (χ1n) is 5.53. The third-order valence-electron chi connectivity index (χ3n) is 2.14. The molecular formula is C12H18N2O3. The fourth-order valence-corrected chi connectivity index (χ4v) is 1.40. The summed E-state index contributed by atoms with van der Waals surface area (Å²) in [4.78, 5) is 11.9. The molecule has 0 aliphatic heterocycles. The van der Waals surface area contributed by atoms with Gasteiger partial charge in [0.2, 0.25) is 0 Å². The highest BCUT2D eigenvalue weighted by Crippen LogP contribution is 2.24. The Morgan fingerprint density at radius 1 is 1.59 bits per heavy atom. The van der Waals surface area contributed by atoms with Crippen LogP contribution in [0.2, 0.25) is 0 Å². The number of carbonyl (C=O) groups excluding carboxylic acids is 1. The first kappa shape index (κ1) is 13.3. The van der Waals surface area contributed by atoms with E-state index in [9.17, 15) is 4.79 Å². The summed E-state index contributed by atoms with van der Waals surface area (Å²) >= 11 is 0. The van der Waals surface area contributed by atoms with E-state index < -0.39 is 6.10 Å². The molecule has 0 radical (unpaired) electrons. The summed E-state index contributed by atoms with van der Waals surface area (Å²) in [7, 11) is 0. The van der Waals surface area contributed by atoms with Crippen LogP contribution in [0.15, 0.2) is 18.2 Å². The molecule has 0 spiro atoms. The van der Waals surface area contributed by atoms with E-state index in [4.69, 9.17) is 15.6 Å². The van der Waals surface area contributed by atoms with Crippen LogP contribution >= 0.6 is 0 Å². The molecule has 1 aromatic carbocycles. The van der Waals surface area contributed by atoms with E-state index in [1.807, 2.05) is 6.92 Å². The van der Waals surface area contributed by atoms with E-state index >= 15 is 0 Å². The number of hydrogen-bond donors (Lipinski definition) is 3. The van der Waals surface area contributed by atoms with Crippen molar-refractivity contribution in [2.45, 2.75) is 20.0 Å². The Kier molecular flexibility index (Phi) is 4.78. The van der Waals surface area contributed by atoms with E-state index in [0.717, 1.165) is 0 Å². The van der Waals surface area contributed by atoms with Crippen molar-refractivity contribution in [1.82, 2.24) is 5.32 Å². The molecule has 5 nitrogen and oxygen atoms in total. The average Bonchev–Trinajstić information content (AvgIpc) is 2.26. The molecule has 94 valence electrons. The number of ether oxygens (including phenoxy) is 1.